The number of carbonyl (C=O) groups excluding carboxylic acids is 1. The highest BCUT2D eigenvalue weighted by atomic mass is 35.5. The molecule has 1 aromatic heterocycles. The van der Waals surface area contributed by atoms with E-state index in [0.717, 1.165) is 66.2 Å². The van der Waals surface area contributed by atoms with Crippen molar-refractivity contribution in [3.8, 4) is 12.1 Å². The maximum Gasteiger partial charge on any atom is 0.410 e. The Kier molecular flexibility index (Phi) is 11.1. The number of rotatable bonds is 11. The Hall–Kier alpha value is -4.03. The molecule has 9 nitrogen and oxygen atoms in total. The van der Waals surface area contributed by atoms with E-state index in [-0.39, 0.29) is 24.6 Å². The number of para-hydroxylation sites is 1. The lowest BCUT2D eigenvalue weighted by molar-refractivity contribution is 0.0144. The Bertz CT molecular complexity index is 1580. The molecule has 0 radical (unpaired) electrons. The van der Waals surface area contributed by atoms with Crippen molar-refractivity contribution in [3.05, 3.63) is 75.9 Å². The summed E-state index contributed by atoms with van der Waals surface area (Å²) in [4.78, 5) is 29.4. The predicted molar refractivity (Wildman–Crippen MR) is 187 cm³/mol. The zero-order valence-electron chi connectivity index (χ0n) is 28.3. The minimum Gasteiger partial charge on any atom is -0.461 e. The molecule has 0 spiro atoms. The third-order valence-electron chi connectivity index (χ3n) is 8.88. The second-order valence-electron chi connectivity index (χ2n) is 13.5. The highest BCUT2D eigenvalue weighted by Crippen LogP contribution is 2.32. The molecule has 1 amide bonds. The smallest absolute Gasteiger partial charge is 0.410 e. The molecule has 5 rings (SSSR count). The Morgan fingerprint density at radius 3 is 2.53 bits per heavy atom. The first kappa shape index (κ1) is 34.3. The summed E-state index contributed by atoms with van der Waals surface area (Å²) in [6.07, 6.45) is 4.92. The molecule has 0 saturated carbocycles. The van der Waals surface area contributed by atoms with Crippen LogP contribution in [0.3, 0.4) is 0 Å². The van der Waals surface area contributed by atoms with Crippen LogP contribution in [0.4, 0.5) is 16.3 Å². The van der Waals surface area contributed by atoms with E-state index in [1.165, 1.54) is 11.3 Å². The summed E-state index contributed by atoms with van der Waals surface area (Å²) in [5.74, 6) is 0.833. The Balaban J connectivity index is 1.42. The number of piperazine rings is 1. The molecule has 2 aliphatic rings. The number of likely N-dealkylation sites (N-methyl/N-ethyl adjacent to an activating group) is 1. The minimum absolute atomic E-state index is 0.177. The predicted octanol–water partition coefficient (Wildman–Crippen LogP) is 7.04. The molecule has 2 atom stereocenters. The summed E-state index contributed by atoms with van der Waals surface area (Å²) < 4.78 is 12.1. The van der Waals surface area contributed by atoms with Gasteiger partial charge >= 0.3 is 12.1 Å². The van der Waals surface area contributed by atoms with Crippen LogP contribution in [-0.4, -0.2) is 71.9 Å². The zero-order chi connectivity index (χ0) is 33.6. The number of aryl methyl sites for hydroxylation is 2. The van der Waals surface area contributed by atoms with Crippen molar-refractivity contribution in [3.63, 3.8) is 0 Å². The van der Waals surface area contributed by atoms with Gasteiger partial charge in [0, 0.05) is 43.0 Å². The first-order valence-corrected chi connectivity index (χ1v) is 17.1. The largest absolute Gasteiger partial charge is 0.461 e. The Morgan fingerprint density at radius 2 is 1.81 bits per heavy atom. The second kappa shape index (κ2) is 15.2. The van der Waals surface area contributed by atoms with Crippen LogP contribution < -0.4 is 14.5 Å². The van der Waals surface area contributed by atoms with Crippen molar-refractivity contribution >= 4 is 29.2 Å². The molecule has 3 aromatic rings. The maximum atomic E-state index is 13.1. The number of anilines is 2. The number of ether oxygens (including phenoxy) is 2. The second-order valence-corrected chi connectivity index (χ2v) is 13.9. The van der Waals surface area contributed by atoms with Crippen LogP contribution in [-0.2, 0) is 30.4 Å². The van der Waals surface area contributed by atoms with E-state index in [9.17, 15) is 10.1 Å². The van der Waals surface area contributed by atoms with Gasteiger partial charge in [-0.15, -0.1) is 0 Å². The van der Waals surface area contributed by atoms with Crippen molar-refractivity contribution in [2.45, 2.75) is 90.3 Å². The van der Waals surface area contributed by atoms with Crippen molar-refractivity contribution in [1.82, 2.24) is 14.9 Å². The molecule has 0 bridgehead atoms. The zero-order valence-corrected chi connectivity index (χ0v) is 29.1. The standard InChI is InChI=1S/C37H47ClN6O3/c1-6-12-30-32(17-11-15-26-13-7-9-16-31(26)38)40-35(46-25-29-23-27-14-8-10-18-33(27)42(29)5)41-34(30)43-21-22-44(28(24-43)19-20-39)36(45)47-37(2,3)4/h7-10,13-14,16,18,28-29H,6,11-12,15,17,19,21-25H2,1-5H3/t28?,29-/m0/s1. The van der Waals surface area contributed by atoms with E-state index in [1.807, 2.05) is 39.0 Å². The number of nitriles is 1. The number of carbonyl (C=O) groups is 1. The van der Waals surface area contributed by atoms with Gasteiger partial charge in [-0.1, -0.05) is 61.3 Å². The first-order valence-electron chi connectivity index (χ1n) is 16.8. The van der Waals surface area contributed by atoms with Crippen molar-refractivity contribution in [1.29, 1.82) is 5.26 Å². The quantitative estimate of drug-likeness (QED) is 0.217. The van der Waals surface area contributed by atoms with E-state index in [0.29, 0.717) is 32.3 Å². The third-order valence-corrected chi connectivity index (χ3v) is 9.25. The molecule has 10 heteroatoms. The van der Waals surface area contributed by atoms with Crippen LogP contribution in [0.15, 0.2) is 48.5 Å². The van der Waals surface area contributed by atoms with Crippen LogP contribution in [0.25, 0.3) is 0 Å². The first-order chi connectivity index (χ1) is 22.6. The fourth-order valence-electron chi connectivity index (χ4n) is 6.53. The highest BCUT2D eigenvalue weighted by molar-refractivity contribution is 6.31. The summed E-state index contributed by atoms with van der Waals surface area (Å²) in [7, 11) is 2.11. The monoisotopic (exact) mass is 658 g/mol. The van der Waals surface area contributed by atoms with E-state index in [4.69, 9.17) is 31.0 Å². The van der Waals surface area contributed by atoms with Gasteiger partial charge in [0.05, 0.1) is 30.3 Å². The van der Waals surface area contributed by atoms with Gasteiger partial charge in [0.25, 0.3) is 0 Å². The number of nitrogens with zero attached hydrogens (tertiary/aromatic N) is 6. The Morgan fingerprint density at radius 1 is 1.04 bits per heavy atom. The molecular formula is C37H47ClN6O3. The lowest BCUT2D eigenvalue weighted by atomic mass is 10.0. The van der Waals surface area contributed by atoms with E-state index >= 15 is 0 Å². The molecule has 2 aromatic carbocycles. The number of fused-ring (bicyclic) bond motifs is 1. The fourth-order valence-corrected chi connectivity index (χ4v) is 6.76. The van der Waals surface area contributed by atoms with E-state index in [1.54, 1.807) is 4.90 Å². The van der Waals surface area contributed by atoms with Gasteiger partial charge < -0.3 is 24.2 Å². The number of aromatic nitrogens is 2. The molecule has 1 fully saturated rings. The maximum absolute atomic E-state index is 13.1. The third kappa shape index (κ3) is 8.47. The summed E-state index contributed by atoms with van der Waals surface area (Å²) in [5.41, 5.74) is 5.13. The average molecular weight is 659 g/mol. The Labute approximate surface area is 284 Å². The van der Waals surface area contributed by atoms with Gasteiger partial charge in [-0.2, -0.15) is 15.2 Å². The normalized spacial score (nSPS) is 17.8. The van der Waals surface area contributed by atoms with Gasteiger partial charge in [-0.3, -0.25) is 0 Å². The van der Waals surface area contributed by atoms with Crippen LogP contribution in [0, 0.1) is 11.3 Å². The van der Waals surface area contributed by atoms with Crippen LogP contribution in [0.1, 0.15) is 69.3 Å². The molecule has 1 unspecified atom stereocenters. The number of amides is 1. The van der Waals surface area contributed by atoms with Gasteiger partial charge in [0.15, 0.2) is 0 Å². The molecule has 47 heavy (non-hydrogen) atoms. The lowest BCUT2D eigenvalue weighted by Gasteiger charge is -2.42. The number of benzene rings is 2. The number of halogens is 1. The van der Waals surface area contributed by atoms with Gasteiger partial charge in [0.2, 0.25) is 0 Å². The lowest BCUT2D eigenvalue weighted by Crippen LogP contribution is -2.56. The average Bonchev–Trinajstić information content (AvgIpc) is 3.36. The van der Waals surface area contributed by atoms with E-state index < -0.39 is 5.60 Å². The molecule has 0 aliphatic carbocycles. The van der Waals surface area contributed by atoms with Gasteiger partial charge in [-0.25, -0.2) is 4.79 Å². The van der Waals surface area contributed by atoms with Crippen LogP contribution in [0.5, 0.6) is 6.01 Å². The number of hydrogen-bond acceptors (Lipinski definition) is 8. The summed E-state index contributed by atoms with van der Waals surface area (Å²) in [6, 6.07) is 18.9. The van der Waals surface area contributed by atoms with Crippen molar-refractivity contribution in [2.24, 2.45) is 0 Å². The SMILES string of the molecule is CCCc1c(CCCc2ccccc2Cl)nc(OC[C@@H]2Cc3ccccc3N2C)nc1N1CCN(C(=O)OC(C)(C)C)C(CC#N)C1. The molecular weight excluding hydrogens is 612 g/mol. The molecule has 2 aliphatic heterocycles. The van der Waals surface area contributed by atoms with Crippen molar-refractivity contribution < 1.29 is 14.3 Å². The summed E-state index contributed by atoms with van der Waals surface area (Å²) >= 11 is 6.48. The molecule has 1 saturated heterocycles. The summed E-state index contributed by atoms with van der Waals surface area (Å²) in [6.45, 7) is 9.65. The molecule has 3 heterocycles. The highest BCUT2D eigenvalue weighted by Gasteiger charge is 2.35. The minimum atomic E-state index is -0.619. The van der Waals surface area contributed by atoms with E-state index in [2.05, 4.69) is 60.2 Å². The molecule has 0 N–H and O–H groups in total. The van der Waals surface area contributed by atoms with Crippen molar-refractivity contribution in [2.75, 3.05) is 43.1 Å². The van der Waals surface area contributed by atoms with Gasteiger partial charge in [-0.05, 0) is 76.1 Å². The topological polar surface area (TPSA) is 94.8 Å². The fraction of sp³-hybridized carbons (Fsp3) is 0.514. The van der Waals surface area contributed by atoms with Crippen LogP contribution >= 0.6 is 11.6 Å². The number of hydrogen-bond donors (Lipinski definition) is 0. The summed E-state index contributed by atoms with van der Waals surface area (Å²) in [5, 5.41) is 10.5. The van der Waals surface area contributed by atoms with Crippen LogP contribution in [0.2, 0.25) is 5.02 Å². The van der Waals surface area contributed by atoms with Gasteiger partial charge in [0.1, 0.15) is 18.0 Å². The molecule has 250 valence electrons.